The molecular weight excluding hydrogens is 496 g/mol. The number of aromatic amines is 1. The molecular formula is C30H28N4O3S. The number of H-pyrrole nitrogens is 1. The SMILES string of the molecule is CCOc1ccc(-n2c(SCC(=O)Nc3ccc(C)cc3C)nc3c(-c4ccccc4)c[nH]c3c2=O)cc1. The number of aryl methyl sites for hydroxylation is 2. The number of anilines is 1. The summed E-state index contributed by atoms with van der Waals surface area (Å²) in [6, 6.07) is 23.0. The Labute approximate surface area is 224 Å². The van der Waals surface area contributed by atoms with Crippen LogP contribution in [0.5, 0.6) is 5.75 Å². The van der Waals surface area contributed by atoms with Gasteiger partial charge in [-0.1, -0.05) is 59.8 Å². The predicted molar refractivity (Wildman–Crippen MR) is 154 cm³/mol. The van der Waals surface area contributed by atoms with Crippen LogP contribution in [0.3, 0.4) is 0 Å². The molecule has 5 rings (SSSR count). The van der Waals surface area contributed by atoms with E-state index in [-0.39, 0.29) is 17.2 Å². The van der Waals surface area contributed by atoms with Crippen LogP contribution in [-0.4, -0.2) is 32.8 Å². The van der Waals surface area contributed by atoms with Crippen molar-refractivity contribution in [2.24, 2.45) is 0 Å². The molecule has 0 saturated carbocycles. The van der Waals surface area contributed by atoms with Crippen molar-refractivity contribution in [1.82, 2.24) is 14.5 Å². The van der Waals surface area contributed by atoms with Crippen molar-refractivity contribution < 1.29 is 9.53 Å². The zero-order valence-corrected chi connectivity index (χ0v) is 22.3. The van der Waals surface area contributed by atoms with E-state index in [1.165, 1.54) is 11.8 Å². The Balaban J connectivity index is 1.53. The van der Waals surface area contributed by atoms with Crippen molar-refractivity contribution in [3.05, 3.63) is 100 Å². The number of thioether (sulfide) groups is 1. The van der Waals surface area contributed by atoms with E-state index in [2.05, 4.69) is 10.3 Å². The highest BCUT2D eigenvalue weighted by molar-refractivity contribution is 7.99. The first-order valence-corrected chi connectivity index (χ1v) is 13.4. The van der Waals surface area contributed by atoms with Crippen molar-refractivity contribution >= 4 is 34.4 Å². The van der Waals surface area contributed by atoms with Gasteiger partial charge in [0.1, 0.15) is 16.8 Å². The van der Waals surface area contributed by atoms with Gasteiger partial charge in [-0.05, 0) is 62.2 Å². The van der Waals surface area contributed by atoms with Gasteiger partial charge in [0, 0.05) is 17.4 Å². The topological polar surface area (TPSA) is 89.0 Å². The molecule has 2 heterocycles. The van der Waals surface area contributed by atoms with Crippen LogP contribution in [0.4, 0.5) is 5.69 Å². The number of hydrogen-bond donors (Lipinski definition) is 2. The van der Waals surface area contributed by atoms with Crippen LogP contribution in [0.2, 0.25) is 0 Å². The summed E-state index contributed by atoms with van der Waals surface area (Å²) in [5.41, 5.74) is 6.06. The number of ether oxygens (including phenoxy) is 1. The van der Waals surface area contributed by atoms with Gasteiger partial charge in [0.25, 0.3) is 5.56 Å². The van der Waals surface area contributed by atoms with E-state index < -0.39 is 0 Å². The molecule has 0 bridgehead atoms. The minimum Gasteiger partial charge on any atom is -0.494 e. The van der Waals surface area contributed by atoms with Gasteiger partial charge in [0.05, 0.1) is 18.0 Å². The van der Waals surface area contributed by atoms with E-state index in [1.54, 1.807) is 10.8 Å². The van der Waals surface area contributed by atoms with E-state index in [9.17, 15) is 9.59 Å². The second kappa shape index (κ2) is 11.0. The molecule has 192 valence electrons. The molecule has 0 fully saturated rings. The smallest absolute Gasteiger partial charge is 0.283 e. The molecule has 0 aliphatic rings. The lowest BCUT2D eigenvalue weighted by Gasteiger charge is -2.14. The Hall–Kier alpha value is -4.30. The molecule has 2 N–H and O–H groups in total. The molecule has 0 spiro atoms. The third-order valence-electron chi connectivity index (χ3n) is 6.15. The average Bonchev–Trinajstić information content (AvgIpc) is 3.35. The summed E-state index contributed by atoms with van der Waals surface area (Å²) in [5, 5.41) is 3.40. The molecule has 0 unspecified atom stereocenters. The Kier molecular flexibility index (Phi) is 7.33. The summed E-state index contributed by atoms with van der Waals surface area (Å²) in [5.74, 6) is 0.631. The van der Waals surface area contributed by atoms with Crippen molar-refractivity contribution in [1.29, 1.82) is 0 Å². The number of amides is 1. The monoisotopic (exact) mass is 524 g/mol. The largest absolute Gasteiger partial charge is 0.494 e. The summed E-state index contributed by atoms with van der Waals surface area (Å²) in [6.45, 7) is 6.45. The molecule has 3 aromatic carbocycles. The normalized spacial score (nSPS) is 11.0. The molecule has 5 aromatic rings. The number of benzene rings is 3. The van der Waals surface area contributed by atoms with Gasteiger partial charge in [-0.25, -0.2) is 4.98 Å². The fraction of sp³-hybridized carbons (Fsp3) is 0.167. The summed E-state index contributed by atoms with van der Waals surface area (Å²) in [7, 11) is 0. The quantitative estimate of drug-likeness (QED) is 0.188. The minimum absolute atomic E-state index is 0.0907. The van der Waals surface area contributed by atoms with Gasteiger partial charge in [0.2, 0.25) is 5.91 Å². The van der Waals surface area contributed by atoms with Crippen LogP contribution >= 0.6 is 11.8 Å². The highest BCUT2D eigenvalue weighted by Crippen LogP contribution is 2.29. The second-order valence-corrected chi connectivity index (χ2v) is 9.85. The fourth-order valence-electron chi connectivity index (χ4n) is 4.33. The van der Waals surface area contributed by atoms with Crippen molar-refractivity contribution in [2.75, 3.05) is 17.7 Å². The Morgan fingerprint density at radius 3 is 2.53 bits per heavy atom. The van der Waals surface area contributed by atoms with E-state index in [0.717, 1.165) is 27.9 Å². The van der Waals surface area contributed by atoms with Gasteiger partial charge >= 0.3 is 0 Å². The average molecular weight is 525 g/mol. The lowest BCUT2D eigenvalue weighted by Crippen LogP contribution is -2.23. The molecule has 0 radical (unpaired) electrons. The zero-order valence-electron chi connectivity index (χ0n) is 21.4. The van der Waals surface area contributed by atoms with E-state index in [0.29, 0.717) is 34.2 Å². The van der Waals surface area contributed by atoms with Crippen LogP contribution in [-0.2, 0) is 4.79 Å². The van der Waals surface area contributed by atoms with Crippen LogP contribution in [0, 0.1) is 13.8 Å². The van der Waals surface area contributed by atoms with Gasteiger partial charge in [0.15, 0.2) is 5.16 Å². The number of nitrogens with one attached hydrogen (secondary N) is 2. The number of fused-ring (bicyclic) bond motifs is 1. The molecule has 1 amide bonds. The van der Waals surface area contributed by atoms with Gasteiger partial charge < -0.3 is 15.0 Å². The standard InChI is InChI=1S/C30H28N4O3S/c1-4-37-23-13-11-22(12-14-23)34-29(36)28-27(24(17-31-28)21-8-6-5-7-9-21)33-30(34)38-18-26(35)32-25-15-10-19(2)16-20(25)3/h5-17,31H,4,18H2,1-3H3,(H,32,35). The van der Waals surface area contributed by atoms with Crippen molar-refractivity contribution in [3.63, 3.8) is 0 Å². The first-order valence-electron chi connectivity index (χ1n) is 12.4. The van der Waals surface area contributed by atoms with Crippen LogP contribution in [0.25, 0.3) is 27.8 Å². The maximum atomic E-state index is 13.8. The molecule has 38 heavy (non-hydrogen) atoms. The van der Waals surface area contributed by atoms with E-state index in [1.807, 2.05) is 93.6 Å². The molecule has 8 heteroatoms. The number of carbonyl (C=O) groups is 1. The zero-order chi connectivity index (χ0) is 26.6. The highest BCUT2D eigenvalue weighted by atomic mass is 32.2. The van der Waals surface area contributed by atoms with Crippen LogP contribution in [0.1, 0.15) is 18.1 Å². The molecule has 0 aliphatic heterocycles. The maximum absolute atomic E-state index is 13.8. The predicted octanol–water partition coefficient (Wildman–Crippen LogP) is 6.13. The first kappa shape index (κ1) is 25.4. The lowest BCUT2D eigenvalue weighted by atomic mass is 10.1. The third-order valence-corrected chi connectivity index (χ3v) is 7.09. The third kappa shape index (κ3) is 5.21. The number of aromatic nitrogens is 3. The fourth-order valence-corrected chi connectivity index (χ4v) is 5.14. The Morgan fingerprint density at radius 1 is 1.05 bits per heavy atom. The second-order valence-electron chi connectivity index (χ2n) is 8.91. The number of carbonyl (C=O) groups excluding carboxylic acids is 1. The number of rotatable bonds is 8. The molecule has 0 atom stereocenters. The number of hydrogen-bond acceptors (Lipinski definition) is 5. The van der Waals surface area contributed by atoms with Gasteiger partial charge in [-0.3, -0.25) is 14.2 Å². The van der Waals surface area contributed by atoms with E-state index >= 15 is 0 Å². The Bertz CT molecular complexity index is 1660. The highest BCUT2D eigenvalue weighted by Gasteiger charge is 2.19. The summed E-state index contributed by atoms with van der Waals surface area (Å²) < 4.78 is 7.11. The van der Waals surface area contributed by atoms with Crippen LogP contribution < -0.4 is 15.6 Å². The Morgan fingerprint density at radius 2 is 1.82 bits per heavy atom. The summed E-state index contributed by atoms with van der Waals surface area (Å²) in [4.78, 5) is 34.7. The first-order chi connectivity index (χ1) is 18.4. The minimum atomic E-state index is -0.237. The van der Waals surface area contributed by atoms with Gasteiger partial charge in [-0.15, -0.1) is 0 Å². The lowest BCUT2D eigenvalue weighted by molar-refractivity contribution is -0.113. The van der Waals surface area contributed by atoms with E-state index in [4.69, 9.17) is 9.72 Å². The molecule has 0 saturated heterocycles. The molecule has 7 nitrogen and oxygen atoms in total. The van der Waals surface area contributed by atoms with Crippen molar-refractivity contribution in [3.8, 4) is 22.6 Å². The molecule has 0 aliphatic carbocycles. The maximum Gasteiger partial charge on any atom is 0.283 e. The van der Waals surface area contributed by atoms with Crippen molar-refractivity contribution in [2.45, 2.75) is 25.9 Å². The van der Waals surface area contributed by atoms with Crippen LogP contribution in [0.15, 0.2) is 88.9 Å². The molecule has 2 aromatic heterocycles. The summed E-state index contributed by atoms with van der Waals surface area (Å²) >= 11 is 1.22. The summed E-state index contributed by atoms with van der Waals surface area (Å²) in [6.07, 6.45) is 1.80. The number of nitrogens with zero attached hydrogens (tertiary/aromatic N) is 2. The van der Waals surface area contributed by atoms with Gasteiger partial charge in [-0.2, -0.15) is 0 Å².